The maximum absolute atomic E-state index is 14.8. The molecule has 1 aliphatic rings. The van der Waals surface area contributed by atoms with Crippen molar-refractivity contribution < 1.29 is 18.0 Å². The number of aliphatic imine (C=N–C) groups is 1. The number of likely N-dealkylation sites (N-methyl/N-ethyl adjacent to an activating group) is 1. The fraction of sp³-hybridized carbons (Fsp3) is 0.360. The number of nitrogens with zero attached hydrogens (tertiary/aromatic N) is 1. The van der Waals surface area contributed by atoms with E-state index in [2.05, 4.69) is 27.5 Å². The van der Waals surface area contributed by atoms with E-state index in [-0.39, 0.29) is 28.3 Å². The topological polar surface area (TPSA) is 65.5 Å². The van der Waals surface area contributed by atoms with Gasteiger partial charge in [0.05, 0.1) is 23.1 Å². The van der Waals surface area contributed by atoms with Crippen LogP contribution >= 0.6 is 0 Å². The highest BCUT2D eigenvalue weighted by molar-refractivity contribution is 6.01. The van der Waals surface area contributed by atoms with Crippen LogP contribution in [-0.4, -0.2) is 37.4 Å². The van der Waals surface area contributed by atoms with Gasteiger partial charge in [-0.05, 0) is 57.5 Å². The van der Waals surface area contributed by atoms with E-state index >= 15 is 0 Å². The minimum Gasteiger partial charge on any atom is -0.352 e. The molecule has 0 spiro atoms. The number of hydrogen-bond acceptors (Lipinski definition) is 4. The molecular formula is C25H31F3N4O. The van der Waals surface area contributed by atoms with Crippen molar-refractivity contribution in [1.29, 1.82) is 0 Å². The Morgan fingerprint density at radius 2 is 1.97 bits per heavy atom. The SMILES string of the molecule is C=C(Nc1ccc(C(=O)NCCC)c(C)c1F)/C(C)=N/C=C(\C)C1=C(F)C(F)C(NC)C=C1. The van der Waals surface area contributed by atoms with Crippen molar-refractivity contribution >= 4 is 17.3 Å². The Balaban J connectivity index is 2.16. The monoisotopic (exact) mass is 460 g/mol. The molecule has 2 rings (SSSR count). The number of allylic oxidation sites excluding steroid dienone is 4. The van der Waals surface area contributed by atoms with Crippen molar-refractivity contribution in [1.82, 2.24) is 10.6 Å². The van der Waals surface area contributed by atoms with Crippen molar-refractivity contribution in [3.63, 3.8) is 0 Å². The number of benzene rings is 1. The number of amides is 1. The molecule has 0 bridgehead atoms. The molecule has 0 saturated heterocycles. The Hall–Kier alpha value is -3.13. The number of alkyl halides is 1. The Bertz CT molecular complexity index is 1040. The largest absolute Gasteiger partial charge is 0.352 e. The molecule has 1 amide bonds. The molecule has 3 N–H and O–H groups in total. The number of carbonyl (C=O) groups is 1. The number of nitrogens with one attached hydrogen (secondary N) is 3. The highest BCUT2D eigenvalue weighted by atomic mass is 19.2. The molecule has 0 heterocycles. The van der Waals surface area contributed by atoms with Gasteiger partial charge in [-0.3, -0.25) is 9.79 Å². The first-order chi connectivity index (χ1) is 15.6. The summed E-state index contributed by atoms with van der Waals surface area (Å²) in [6.07, 6.45) is 3.51. The van der Waals surface area contributed by atoms with Gasteiger partial charge in [-0.2, -0.15) is 0 Å². The molecule has 0 aromatic heterocycles. The van der Waals surface area contributed by atoms with Crippen molar-refractivity contribution in [2.45, 2.75) is 46.3 Å². The summed E-state index contributed by atoms with van der Waals surface area (Å²) in [5, 5.41) is 8.30. The Kier molecular flexibility index (Phi) is 9.22. The molecule has 2 atom stereocenters. The number of halogens is 3. The highest BCUT2D eigenvalue weighted by Crippen LogP contribution is 2.28. The minimum atomic E-state index is -1.77. The maximum atomic E-state index is 14.8. The Morgan fingerprint density at radius 3 is 2.61 bits per heavy atom. The summed E-state index contributed by atoms with van der Waals surface area (Å²) in [5.74, 6) is -1.74. The second-order valence-electron chi connectivity index (χ2n) is 7.82. The number of rotatable bonds is 9. The summed E-state index contributed by atoms with van der Waals surface area (Å²) in [6, 6.07) is 2.31. The van der Waals surface area contributed by atoms with Crippen molar-refractivity contribution in [2.75, 3.05) is 18.9 Å². The van der Waals surface area contributed by atoms with E-state index in [9.17, 15) is 18.0 Å². The molecule has 8 heteroatoms. The molecule has 33 heavy (non-hydrogen) atoms. The number of carbonyl (C=O) groups excluding carboxylic acids is 1. The molecule has 0 saturated carbocycles. The summed E-state index contributed by atoms with van der Waals surface area (Å²) in [6.45, 7) is 11.1. The van der Waals surface area contributed by atoms with Crippen LogP contribution in [0, 0.1) is 12.7 Å². The van der Waals surface area contributed by atoms with Crippen LogP contribution in [-0.2, 0) is 0 Å². The van der Waals surface area contributed by atoms with Crippen LogP contribution in [0.25, 0.3) is 0 Å². The lowest BCUT2D eigenvalue weighted by molar-refractivity contribution is 0.0952. The van der Waals surface area contributed by atoms with Gasteiger partial charge in [0.25, 0.3) is 5.91 Å². The molecule has 1 aliphatic carbocycles. The third kappa shape index (κ3) is 6.22. The van der Waals surface area contributed by atoms with E-state index in [0.717, 1.165) is 6.42 Å². The van der Waals surface area contributed by atoms with E-state index in [0.29, 0.717) is 23.5 Å². The van der Waals surface area contributed by atoms with E-state index in [1.807, 2.05) is 6.92 Å². The standard InChI is InChI=1S/C25H31F3N4O/c1-7-12-30-25(33)19-9-11-21(22(26)15(19)3)32-17(5)16(4)31-13-14(2)18-8-10-20(29-6)24(28)23(18)27/h8-11,13,20,24,29,32H,5,7,12H2,1-4,6H3,(H,30,33)/b14-13+,31-16+. The van der Waals surface area contributed by atoms with Gasteiger partial charge in [-0.15, -0.1) is 0 Å². The molecule has 2 unspecified atom stereocenters. The highest BCUT2D eigenvalue weighted by Gasteiger charge is 2.28. The van der Waals surface area contributed by atoms with Gasteiger partial charge in [0.1, 0.15) is 11.6 Å². The van der Waals surface area contributed by atoms with Crippen LogP contribution in [0.15, 0.2) is 64.7 Å². The van der Waals surface area contributed by atoms with Crippen LogP contribution < -0.4 is 16.0 Å². The fourth-order valence-corrected chi connectivity index (χ4v) is 3.20. The van der Waals surface area contributed by atoms with E-state index < -0.39 is 23.9 Å². The number of hydrogen-bond donors (Lipinski definition) is 3. The first-order valence-corrected chi connectivity index (χ1v) is 10.8. The fourth-order valence-electron chi connectivity index (χ4n) is 3.20. The van der Waals surface area contributed by atoms with Crippen molar-refractivity contribution in [3.05, 3.63) is 76.7 Å². The summed E-state index contributed by atoms with van der Waals surface area (Å²) in [4.78, 5) is 16.4. The lowest BCUT2D eigenvalue weighted by Gasteiger charge is -2.22. The van der Waals surface area contributed by atoms with E-state index in [4.69, 9.17) is 0 Å². The molecule has 0 radical (unpaired) electrons. The predicted molar refractivity (Wildman–Crippen MR) is 128 cm³/mol. The zero-order chi connectivity index (χ0) is 24.7. The zero-order valence-corrected chi connectivity index (χ0v) is 19.7. The maximum Gasteiger partial charge on any atom is 0.251 e. The van der Waals surface area contributed by atoms with Gasteiger partial charge in [-0.1, -0.05) is 25.7 Å². The average molecular weight is 461 g/mol. The molecule has 1 aromatic carbocycles. The Labute approximate surface area is 193 Å². The minimum absolute atomic E-state index is 0.141. The predicted octanol–water partition coefficient (Wildman–Crippen LogP) is 5.28. The second-order valence-corrected chi connectivity index (χ2v) is 7.82. The first kappa shape index (κ1) is 26.1. The lowest BCUT2D eigenvalue weighted by Crippen LogP contribution is -2.35. The second kappa shape index (κ2) is 11.7. The average Bonchev–Trinajstić information content (AvgIpc) is 2.80. The van der Waals surface area contributed by atoms with Crippen LogP contribution in [0.5, 0.6) is 0 Å². The number of anilines is 1. The van der Waals surface area contributed by atoms with Gasteiger partial charge in [0.2, 0.25) is 0 Å². The van der Waals surface area contributed by atoms with Gasteiger partial charge in [-0.25, -0.2) is 13.2 Å². The van der Waals surface area contributed by atoms with Crippen molar-refractivity contribution in [2.24, 2.45) is 4.99 Å². The first-order valence-electron chi connectivity index (χ1n) is 10.8. The van der Waals surface area contributed by atoms with Gasteiger partial charge in [0, 0.05) is 23.9 Å². The summed E-state index contributed by atoms with van der Waals surface area (Å²) < 4.78 is 43.3. The smallest absolute Gasteiger partial charge is 0.251 e. The zero-order valence-electron chi connectivity index (χ0n) is 19.7. The van der Waals surface area contributed by atoms with Gasteiger partial charge >= 0.3 is 0 Å². The van der Waals surface area contributed by atoms with Crippen LogP contribution in [0.2, 0.25) is 0 Å². The van der Waals surface area contributed by atoms with Crippen LogP contribution in [0.4, 0.5) is 18.9 Å². The summed E-state index contributed by atoms with van der Waals surface area (Å²) >= 11 is 0. The van der Waals surface area contributed by atoms with Crippen LogP contribution in [0.3, 0.4) is 0 Å². The van der Waals surface area contributed by atoms with E-state index in [1.54, 1.807) is 33.0 Å². The normalized spacial score (nSPS) is 19.0. The summed E-state index contributed by atoms with van der Waals surface area (Å²) in [7, 11) is 1.56. The van der Waals surface area contributed by atoms with Crippen LogP contribution in [0.1, 0.15) is 43.1 Å². The molecule has 0 aliphatic heterocycles. The lowest BCUT2D eigenvalue weighted by atomic mass is 9.96. The molecule has 0 fully saturated rings. The van der Waals surface area contributed by atoms with Gasteiger partial charge < -0.3 is 16.0 Å². The quantitative estimate of drug-likeness (QED) is 0.439. The Morgan fingerprint density at radius 1 is 1.27 bits per heavy atom. The summed E-state index contributed by atoms with van der Waals surface area (Å²) in [5.41, 5.74) is 1.99. The van der Waals surface area contributed by atoms with E-state index in [1.165, 1.54) is 25.3 Å². The molecule has 178 valence electrons. The molecular weight excluding hydrogens is 429 g/mol. The van der Waals surface area contributed by atoms with Crippen molar-refractivity contribution in [3.8, 4) is 0 Å². The molecule has 1 aromatic rings. The van der Waals surface area contributed by atoms with Gasteiger partial charge in [0.15, 0.2) is 6.17 Å². The third-order valence-corrected chi connectivity index (χ3v) is 5.38. The third-order valence-electron chi connectivity index (χ3n) is 5.38. The molecule has 5 nitrogen and oxygen atoms in total.